The van der Waals surface area contributed by atoms with Crippen LogP contribution in [0.4, 0.5) is 5.69 Å². The van der Waals surface area contributed by atoms with Crippen molar-refractivity contribution in [3.8, 4) is 17.1 Å². The van der Waals surface area contributed by atoms with Gasteiger partial charge in [0.15, 0.2) is 5.78 Å². The number of furan rings is 1. The fourth-order valence-corrected chi connectivity index (χ4v) is 2.37. The van der Waals surface area contributed by atoms with Gasteiger partial charge in [0, 0.05) is 17.3 Å². The molecule has 0 unspecified atom stereocenters. The Balaban J connectivity index is 1.75. The Morgan fingerprint density at radius 3 is 2.46 bits per heavy atom. The molecule has 3 rings (SSSR count). The summed E-state index contributed by atoms with van der Waals surface area (Å²) in [6.45, 7) is 1.90. The first-order chi connectivity index (χ1) is 11.5. The molecule has 0 aliphatic rings. The van der Waals surface area contributed by atoms with E-state index in [9.17, 15) is 9.90 Å². The van der Waals surface area contributed by atoms with E-state index in [1.54, 1.807) is 12.1 Å². The lowest BCUT2D eigenvalue weighted by atomic mass is 10.1. The van der Waals surface area contributed by atoms with E-state index < -0.39 is 0 Å². The van der Waals surface area contributed by atoms with Crippen LogP contribution >= 0.6 is 0 Å². The Morgan fingerprint density at radius 2 is 1.83 bits per heavy atom. The lowest BCUT2D eigenvalue weighted by molar-refractivity contribution is 0.104. The van der Waals surface area contributed by atoms with Gasteiger partial charge in [-0.15, -0.1) is 0 Å². The molecule has 1 heterocycles. The number of hydrogen-bond donors (Lipinski definition) is 2. The summed E-state index contributed by atoms with van der Waals surface area (Å²) >= 11 is 0. The topological polar surface area (TPSA) is 76.5 Å². The maximum absolute atomic E-state index is 12.1. The third-order valence-corrected chi connectivity index (χ3v) is 3.65. The molecule has 24 heavy (non-hydrogen) atoms. The highest BCUT2D eigenvalue weighted by molar-refractivity contribution is 6.08. The number of nitrogen functional groups attached to an aromatic ring is 1. The summed E-state index contributed by atoms with van der Waals surface area (Å²) < 4.78 is 5.58. The number of carbonyl (C=O) groups excluding carboxylic acids is 1. The van der Waals surface area contributed by atoms with Crippen molar-refractivity contribution >= 4 is 17.5 Å². The summed E-state index contributed by atoms with van der Waals surface area (Å²) in [4.78, 5) is 12.1. The first-order valence-electron chi connectivity index (χ1n) is 7.51. The summed E-state index contributed by atoms with van der Waals surface area (Å²) in [5.74, 6) is 1.28. The molecule has 4 nitrogen and oxygen atoms in total. The molecular formula is C20H17NO3. The maximum Gasteiger partial charge on any atom is 0.189 e. The fourth-order valence-electron chi connectivity index (χ4n) is 2.37. The predicted octanol–water partition coefficient (Wildman–Crippen LogP) is 4.44. The Morgan fingerprint density at radius 1 is 1.08 bits per heavy atom. The SMILES string of the molecule is Cc1ccc(-c2ccc(/C=C/C(=O)c3ccc(N)cc3O)cc2)o1. The van der Waals surface area contributed by atoms with E-state index in [-0.39, 0.29) is 17.1 Å². The maximum atomic E-state index is 12.1. The third kappa shape index (κ3) is 3.38. The van der Waals surface area contributed by atoms with E-state index in [2.05, 4.69) is 0 Å². The Kier molecular flexibility index (Phi) is 4.20. The molecule has 0 saturated carbocycles. The van der Waals surface area contributed by atoms with Crippen LogP contribution in [0.15, 0.2) is 65.1 Å². The van der Waals surface area contributed by atoms with Gasteiger partial charge in [-0.2, -0.15) is 0 Å². The van der Waals surface area contributed by atoms with Crippen molar-refractivity contribution in [2.75, 3.05) is 5.73 Å². The van der Waals surface area contributed by atoms with Crippen LogP contribution in [0.25, 0.3) is 17.4 Å². The molecule has 3 N–H and O–H groups in total. The minimum Gasteiger partial charge on any atom is -0.507 e. The van der Waals surface area contributed by atoms with Gasteiger partial charge in [-0.25, -0.2) is 0 Å². The van der Waals surface area contributed by atoms with E-state index in [1.165, 1.54) is 18.2 Å². The minimum absolute atomic E-state index is 0.117. The second-order valence-electron chi connectivity index (χ2n) is 5.51. The number of ketones is 1. The van der Waals surface area contributed by atoms with Crippen LogP contribution in [0.2, 0.25) is 0 Å². The molecule has 0 aliphatic heterocycles. The van der Waals surface area contributed by atoms with E-state index in [1.807, 2.05) is 43.3 Å². The number of carbonyl (C=O) groups is 1. The lowest BCUT2D eigenvalue weighted by Gasteiger charge is -2.02. The van der Waals surface area contributed by atoms with Crippen molar-refractivity contribution in [1.29, 1.82) is 0 Å². The van der Waals surface area contributed by atoms with Crippen molar-refractivity contribution < 1.29 is 14.3 Å². The molecule has 1 aromatic heterocycles. The van der Waals surface area contributed by atoms with Crippen LogP contribution in [0.5, 0.6) is 5.75 Å². The molecule has 0 saturated heterocycles. The molecular weight excluding hydrogens is 302 g/mol. The summed E-state index contributed by atoms with van der Waals surface area (Å²) in [5.41, 5.74) is 8.05. The van der Waals surface area contributed by atoms with Crippen LogP contribution in [0.3, 0.4) is 0 Å². The predicted molar refractivity (Wildman–Crippen MR) is 94.8 cm³/mol. The smallest absolute Gasteiger partial charge is 0.189 e. The number of aromatic hydroxyl groups is 1. The van der Waals surface area contributed by atoms with Crippen molar-refractivity contribution in [3.05, 3.63) is 77.6 Å². The average Bonchev–Trinajstić information content (AvgIpc) is 2.99. The van der Waals surface area contributed by atoms with Crippen LogP contribution in [-0.4, -0.2) is 10.9 Å². The zero-order chi connectivity index (χ0) is 17.1. The highest BCUT2D eigenvalue weighted by atomic mass is 16.3. The van der Waals surface area contributed by atoms with Crippen molar-refractivity contribution in [1.82, 2.24) is 0 Å². The zero-order valence-corrected chi connectivity index (χ0v) is 13.2. The Hall–Kier alpha value is -3.27. The Labute approximate surface area is 139 Å². The van der Waals surface area contributed by atoms with Gasteiger partial charge < -0.3 is 15.3 Å². The van der Waals surface area contributed by atoms with E-state index in [0.29, 0.717) is 5.69 Å². The summed E-state index contributed by atoms with van der Waals surface area (Å²) in [6.07, 6.45) is 3.13. The van der Waals surface area contributed by atoms with Gasteiger partial charge in [0.05, 0.1) is 5.56 Å². The standard InChI is InChI=1S/C20H17NO3/c1-13-2-11-20(24-13)15-6-3-14(4-7-15)5-10-18(22)17-9-8-16(21)12-19(17)23/h2-12,23H,21H2,1H3/b10-5+. The molecule has 3 aromatic rings. The highest BCUT2D eigenvalue weighted by Gasteiger charge is 2.08. The number of phenolic OH excluding ortho intramolecular Hbond substituents is 1. The number of allylic oxidation sites excluding steroid dienone is 1. The molecule has 0 spiro atoms. The molecule has 0 radical (unpaired) electrons. The zero-order valence-electron chi connectivity index (χ0n) is 13.2. The van der Waals surface area contributed by atoms with Gasteiger partial charge in [-0.05, 0) is 42.8 Å². The second-order valence-corrected chi connectivity index (χ2v) is 5.51. The van der Waals surface area contributed by atoms with E-state index in [4.69, 9.17) is 10.2 Å². The Bertz CT molecular complexity index is 905. The van der Waals surface area contributed by atoms with Gasteiger partial charge >= 0.3 is 0 Å². The van der Waals surface area contributed by atoms with Crippen LogP contribution < -0.4 is 5.73 Å². The van der Waals surface area contributed by atoms with Crippen LogP contribution in [0, 0.1) is 6.92 Å². The van der Waals surface area contributed by atoms with E-state index in [0.717, 1.165) is 22.6 Å². The van der Waals surface area contributed by atoms with Crippen molar-refractivity contribution in [3.63, 3.8) is 0 Å². The van der Waals surface area contributed by atoms with Crippen LogP contribution in [-0.2, 0) is 0 Å². The van der Waals surface area contributed by atoms with Crippen molar-refractivity contribution in [2.24, 2.45) is 0 Å². The summed E-state index contributed by atoms with van der Waals surface area (Å²) in [7, 11) is 0. The fraction of sp³-hybridized carbons (Fsp3) is 0.0500. The number of nitrogens with two attached hydrogens (primary N) is 1. The number of aryl methyl sites for hydroxylation is 1. The molecule has 0 aliphatic carbocycles. The van der Waals surface area contributed by atoms with Gasteiger partial charge in [0.2, 0.25) is 0 Å². The normalized spacial score (nSPS) is 11.0. The molecule has 2 aromatic carbocycles. The summed E-state index contributed by atoms with van der Waals surface area (Å²) in [6, 6.07) is 16.0. The minimum atomic E-state index is -0.279. The first-order valence-corrected chi connectivity index (χ1v) is 7.51. The number of rotatable bonds is 4. The van der Waals surface area contributed by atoms with Gasteiger partial charge in [0.1, 0.15) is 17.3 Å². The number of benzene rings is 2. The quantitative estimate of drug-likeness (QED) is 0.423. The lowest BCUT2D eigenvalue weighted by Crippen LogP contribution is -1.96. The largest absolute Gasteiger partial charge is 0.507 e. The number of anilines is 1. The monoisotopic (exact) mass is 319 g/mol. The molecule has 0 bridgehead atoms. The highest BCUT2D eigenvalue weighted by Crippen LogP contribution is 2.23. The molecule has 0 amide bonds. The number of hydrogen-bond acceptors (Lipinski definition) is 4. The second kappa shape index (κ2) is 6.46. The molecule has 4 heteroatoms. The molecule has 0 fully saturated rings. The molecule has 0 atom stereocenters. The van der Waals surface area contributed by atoms with Gasteiger partial charge in [-0.1, -0.05) is 30.3 Å². The first kappa shape index (κ1) is 15.6. The third-order valence-electron chi connectivity index (χ3n) is 3.65. The van der Waals surface area contributed by atoms with Gasteiger partial charge in [0.25, 0.3) is 0 Å². The van der Waals surface area contributed by atoms with E-state index >= 15 is 0 Å². The average molecular weight is 319 g/mol. The molecule has 120 valence electrons. The number of phenols is 1. The van der Waals surface area contributed by atoms with Crippen LogP contribution in [0.1, 0.15) is 21.7 Å². The van der Waals surface area contributed by atoms with Gasteiger partial charge in [-0.3, -0.25) is 4.79 Å². The van der Waals surface area contributed by atoms with Crippen molar-refractivity contribution in [2.45, 2.75) is 6.92 Å². The summed E-state index contributed by atoms with van der Waals surface area (Å²) in [5, 5.41) is 9.78.